The van der Waals surface area contributed by atoms with Crippen molar-refractivity contribution in [2.45, 2.75) is 17.2 Å². The van der Waals surface area contributed by atoms with Crippen LogP contribution >= 0.6 is 10.7 Å². The van der Waals surface area contributed by atoms with Gasteiger partial charge in [-0.1, -0.05) is 6.07 Å². The molecule has 0 N–H and O–H groups in total. The Kier molecular flexibility index (Phi) is 3.61. The second kappa shape index (κ2) is 4.30. The van der Waals surface area contributed by atoms with E-state index in [-0.39, 0.29) is 12.1 Å². The van der Waals surface area contributed by atoms with E-state index in [0.29, 0.717) is 6.07 Å². The third-order valence-corrected chi connectivity index (χ3v) is 3.26. The van der Waals surface area contributed by atoms with Crippen LogP contribution in [0.3, 0.4) is 0 Å². The zero-order valence-corrected chi connectivity index (χ0v) is 9.67. The molecule has 0 radical (unpaired) electrons. The van der Waals surface area contributed by atoms with Gasteiger partial charge in [-0.05, 0) is 12.1 Å². The van der Waals surface area contributed by atoms with Crippen LogP contribution in [0.15, 0.2) is 23.1 Å². The third kappa shape index (κ3) is 3.08. The molecule has 1 rings (SSSR count). The molecule has 2 nitrogen and oxygen atoms in total. The van der Waals surface area contributed by atoms with E-state index in [1.165, 1.54) is 0 Å². The van der Waals surface area contributed by atoms with Crippen molar-refractivity contribution in [2.24, 2.45) is 0 Å². The van der Waals surface area contributed by atoms with Gasteiger partial charge in [-0.2, -0.15) is 26.3 Å². The highest BCUT2D eigenvalue weighted by atomic mass is 35.7. The number of benzene rings is 1. The standard InChI is InChI=1S/C8H3ClF6O2S/c9-18(16,17)6-4(7(10,11)12)2-1-3-5(6)8(13,14)15/h1-3H. The summed E-state index contributed by atoms with van der Waals surface area (Å²) in [6, 6.07) is 0.881. The second-order valence-corrected chi connectivity index (χ2v) is 5.62. The monoisotopic (exact) mass is 312 g/mol. The van der Waals surface area contributed by atoms with Gasteiger partial charge in [0.15, 0.2) is 0 Å². The van der Waals surface area contributed by atoms with E-state index in [2.05, 4.69) is 10.7 Å². The Labute approximate surface area is 102 Å². The average molecular weight is 313 g/mol. The van der Waals surface area contributed by atoms with Gasteiger partial charge in [-0.3, -0.25) is 0 Å². The molecule has 0 aliphatic rings. The van der Waals surface area contributed by atoms with E-state index < -0.39 is 37.4 Å². The summed E-state index contributed by atoms with van der Waals surface area (Å²) < 4.78 is 96.6. The number of halogens is 7. The van der Waals surface area contributed by atoms with Crippen LogP contribution < -0.4 is 0 Å². The molecule has 1 aromatic rings. The minimum absolute atomic E-state index is 0.213. The van der Waals surface area contributed by atoms with Crippen molar-refractivity contribution in [3.8, 4) is 0 Å². The highest BCUT2D eigenvalue weighted by Gasteiger charge is 2.44. The molecule has 0 heterocycles. The molecule has 0 amide bonds. The Hall–Kier alpha value is -0.960. The fourth-order valence-corrected chi connectivity index (χ4v) is 2.64. The Morgan fingerprint density at radius 1 is 0.889 bits per heavy atom. The van der Waals surface area contributed by atoms with Crippen molar-refractivity contribution < 1.29 is 34.8 Å². The topological polar surface area (TPSA) is 34.1 Å². The molecule has 0 aliphatic heterocycles. The van der Waals surface area contributed by atoms with Gasteiger partial charge in [0.1, 0.15) is 4.90 Å². The van der Waals surface area contributed by atoms with Gasteiger partial charge < -0.3 is 0 Å². The normalized spacial score (nSPS) is 13.7. The van der Waals surface area contributed by atoms with Gasteiger partial charge in [0.2, 0.25) is 0 Å². The molecule has 102 valence electrons. The number of alkyl halides is 6. The van der Waals surface area contributed by atoms with Gasteiger partial charge in [-0.25, -0.2) is 8.42 Å². The van der Waals surface area contributed by atoms with Crippen LogP contribution in [-0.4, -0.2) is 8.42 Å². The lowest BCUT2D eigenvalue weighted by Crippen LogP contribution is -2.17. The molecular weight excluding hydrogens is 310 g/mol. The lowest BCUT2D eigenvalue weighted by Gasteiger charge is -2.16. The largest absolute Gasteiger partial charge is 0.417 e. The molecule has 0 aromatic heterocycles. The summed E-state index contributed by atoms with van der Waals surface area (Å²) in [5.41, 5.74) is -3.90. The first-order valence-electron chi connectivity index (χ1n) is 4.07. The van der Waals surface area contributed by atoms with Crippen molar-refractivity contribution in [2.75, 3.05) is 0 Å². The average Bonchev–Trinajstić information content (AvgIpc) is 2.12. The lowest BCUT2D eigenvalue weighted by atomic mass is 10.1. The van der Waals surface area contributed by atoms with Gasteiger partial charge in [0.05, 0.1) is 11.1 Å². The zero-order chi connectivity index (χ0) is 14.4. The minimum Gasteiger partial charge on any atom is -0.207 e. The molecule has 0 atom stereocenters. The molecule has 18 heavy (non-hydrogen) atoms. The third-order valence-electron chi connectivity index (χ3n) is 1.87. The summed E-state index contributed by atoms with van der Waals surface area (Å²) in [6.07, 6.45) is -10.5. The predicted molar refractivity (Wildman–Crippen MR) is 49.5 cm³/mol. The fourth-order valence-electron chi connectivity index (χ4n) is 1.25. The molecule has 0 saturated heterocycles. The lowest BCUT2D eigenvalue weighted by molar-refractivity contribution is -0.147. The highest BCUT2D eigenvalue weighted by Crippen LogP contribution is 2.42. The van der Waals surface area contributed by atoms with Crippen LogP contribution in [-0.2, 0) is 21.4 Å². The Morgan fingerprint density at radius 2 is 1.22 bits per heavy atom. The van der Waals surface area contributed by atoms with E-state index in [4.69, 9.17) is 0 Å². The Bertz CT molecular complexity index is 528. The van der Waals surface area contributed by atoms with Crippen LogP contribution in [0.25, 0.3) is 0 Å². The van der Waals surface area contributed by atoms with Gasteiger partial charge in [0.25, 0.3) is 9.05 Å². The van der Waals surface area contributed by atoms with Crippen LogP contribution in [0.5, 0.6) is 0 Å². The van der Waals surface area contributed by atoms with Crippen LogP contribution in [0, 0.1) is 0 Å². The van der Waals surface area contributed by atoms with Crippen LogP contribution in [0.1, 0.15) is 11.1 Å². The molecule has 0 unspecified atom stereocenters. The second-order valence-electron chi connectivity index (χ2n) is 3.12. The molecule has 0 saturated carbocycles. The van der Waals surface area contributed by atoms with Crippen molar-refractivity contribution in [1.29, 1.82) is 0 Å². The van der Waals surface area contributed by atoms with Gasteiger partial charge in [0, 0.05) is 10.7 Å². The van der Waals surface area contributed by atoms with Gasteiger partial charge >= 0.3 is 12.4 Å². The maximum absolute atomic E-state index is 12.5. The van der Waals surface area contributed by atoms with Crippen molar-refractivity contribution in [3.63, 3.8) is 0 Å². The number of rotatable bonds is 1. The molecule has 1 aromatic carbocycles. The van der Waals surface area contributed by atoms with E-state index in [1.807, 2.05) is 0 Å². The molecule has 10 heteroatoms. The Balaban J connectivity index is 3.79. The molecule has 0 fully saturated rings. The summed E-state index contributed by atoms with van der Waals surface area (Å²) in [5.74, 6) is 0. The summed E-state index contributed by atoms with van der Waals surface area (Å²) in [4.78, 5) is -1.98. The predicted octanol–water partition coefficient (Wildman–Crippen LogP) is 3.65. The van der Waals surface area contributed by atoms with Crippen LogP contribution in [0.4, 0.5) is 26.3 Å². The Morgan fingerprint density at radius 3 is 1.44 bits per heavy atom. The first kappa shape index (κ1) is 15.1. The maximum Gasteiger partial charge on any atom is 0.417 e. The number of hydrogen-bond acceptors (Lipinski definition) is 2. The minimum atomic E-state index is -5.27. The van der Waals surface area contributed by atoms with Crippen molar-refractivity contribution in [3.05, 3.63) is 29.3 Å². The van der Waals surface area contributed by atoms with E-state index in [1.54, 1.807) is 0 Å². The van der Waals surface area contributed by atoms with Gasteiger partial charge in [-0.15, -0.1) is 0 Å². The SMILES string of the molecule is O=S(=O)(Cl)c1c(C(F)(F)F)cccc1C(F)(F)F. The zero-order valence-electron chi connectivity index (χ0n) is 8.10. The van der Waals surface area contributed by atoms with E-state index >= 15 is 0 Å². The first-order valence-corrected chi connectivity index (χ1v) is 6.38. The molecular formula is C8H3ClF6O2S. The molecule has 0 aliphatic carbocycles. The van der Waals surface area contributed by atoms with Crippen molar-refractivity contribution >= 4 is 19.7 Å². The highest BCUT2D eigenvalue weighted by molar-refractivity contribution is 8.13. The fraction of sp³-hybridized carbons (Fsp3) is 0.250. The molecule has 0 spiro atoms. The summed E-state index contributed by atoms with van der Waals surface area (Å²) in [7, 11) is -0.545. The molecule has 0 bridgehead atoms. The van der Waals surface area contributed by atoms with Crippen molar-refractivity contribution in [1.82, 2.24) is 0 Å². The van der Waals surface area contributed by atoms with E-state index in [0.717, 1.165) is 0 Å². The summed E-state index contributed by atoms with van der Waals surface area (Å²) in [5, 5.41) is 0. The maximum atomic E-state index is 12.5. The smallest absolute Gasteiger partial charge is 0.207 e. The summed E-state index contributed by atoms with van der Waals surface area (Å²) >= 11 is 0. The van der Waals surface area contributed by atoms with E-state index in [9.17, 15) is 34.8 Å². The van der Waals surface area contributed by atoms with Crippen LogP contribution in [0.2, 0.25) is 0 Å². The quantitative estimate of drug-likeness (QED) is 0.586. The summed E-state index contributed by atoms with van der Waals surface area (Å²) in [6.45, 7) is 0. The first-order chi connectivity index (χ1) is 7.85. The number of hydrogen-bond donors (Lipinski definition) is 0.